The van der Waals surface area contributed by atoms with E-state index in [4.69, 9.17) is 9.97 Å². The first-order chi connectivity index (χ1) is 11.2. The van der Waals surface area contributed by atoms with E-state index in [9.17, 15) is 0 Å². The molecule has 0 unspecified atom stereocenters. The van der Waals surface area contributed by atoms with Gasteiger partial charge >= 0.3 is 0 Å². The first-order valence-electron chi connectivity index (χ1n) is 7.87. The zero-order chi connectivity index (χ0) is 15.8. The summed E-state index contributed by atoms with van der Waals surface area (Å²) in [5, 5.41) is 2.49. The summed E-state index contributed by atoms with van der Waals surface area (Å²) in [6.07, 6.45) is 5.01. The van der Waals surface area contributed by atoms with Crippen molar-refractivity contribution in [1.82, 2.24) is 9.97 Å². The number of aryl methyl sites for hydroxylation is 3. The molecule has 0 saturated carbocycles. The molecular formula is C18H17BrN2S2. The number of thiophene rings is 1. The van der Waals surface area contributed by atoms with Gasteiger partial charge in [0.05, 0.1) is 0 Å². The quantitative estimate of drug-likeness (QED) is 0.399. The van der Waals surface area contributed by atoms with E-state index >= 15 is 0 Å². The molecule has 0 amide bonds. The molecular weight excluding hydrogens is 388 g/mol. The van der Waals surface area contributed by atoms with Crippen LogP contribution in [-0.2, 0) is 18.6 Å². The van der Waals surface area contributed by atoms with Crippen LogP contribution in [0.2, 0.25) is 0 Å². The Morgan fingerprint density at radius 2 is 1.91 bits per heavy atom. The van der Waals surface area contributed by atoms with Crippen molar-refractivity contribution in [3.8, 4) is 0 Å². The minimum Gasteiger partial charge on any atom is -0.226 e. The van der Waals surface area contributed by atoms with Gasteiger partial charge in [0.15, 0.2) is 0 Å². The Labute approximate surface area is 152 Å². The molecule has 2 heterocycles. The molecule has 1 aromatic carbocycles. The fourth-order valence-corrected chi connectivity index (χ4v) is 5.75. The Balaban J connectivity index is 1.70. The molecule has 3 aromatic rings. The average Bonchev–Trinajstić information content (AvgIpc) is 2.92. The zero-order valence-electron chi connectivity index (χ0n) is 12.9. The predicted molar refractivity (Wildman–Crippen MR) is 102 cm³/mol. The summed E-state index contributed by atoms with van der Waals surface area (Å²) in [5.41, 5.74) is 2.85. The highest BCUT2D eigenvalue weighted by Gasteiger charge is 2.20. The number of benzene rings is 1. The first kappa shape index (κ1) is 15.6. The number of rotatable bonds is 3. The van der Waals surface area contributed by atoms with E-state index in [1.807, 2.05) is 30.0 Å². The van der Waals surface area contributed by atoms with Crippen LogP contribution in [0.5, 0.6) is 0 Å². The number of thioether (sulfide) groups is 1. The molecule has 2 nitrogen and oxygen atoms in total. The van der Waals surface area contributed by atoms with E-state index in [1.54, 1.807) is 0 Å². The molecule has 0 bridgehead atoms. The van der Waals surface area contributed by atoms with Crippen LogP contribution in [0.1, 0.15) is 34.7 Å². The van der Waals surface area contributed by atoms with E-state index < -0.39 is 0 Å². The van der Waals surface area contributed by atoms with Gasteiger partial charge in [-0.3, -0.25) is 0 Å². The second-order valence-electron chi connectivity index (χ2n) is 5.88. The smallest absolute Gasteiger partial charge is 0.128 e. The van der Waals surface area contributed by atoms with E-state index in [0.29, 0.717) is 0 Å². The molecule has 0 aliphatic heterocycles. The van der Waals surface area contributed by atoms with Crippen molar-refractivity contribution in [2.45, 2.75) is 43.4 Å². The molecule has 118 valence electrons. The van der Waals surface area contributed by atoms with Gasteiger partial charge in [0, 0.05) is 20.5 Å². The van der Waals surface area contributed by atoms with Crippen LogP contribution in [0, 0.1) is 6.92 Å². The van der Waals surface area contributed by atoms with Crippen LogP contribution in [0.3, 0.4) is 0 Å². The molecule has 0 saturated heterocycles. The van der Waals surface area contributed by atoms with Gasteiger partial charge in [-0.2, -0.15) is 0 Å². The Morgan fingerprint density at radius 3 is 2.74 bits per heavy atom. The maximum absolute atomic E-state index is 4.76. The third kappa shape index (κ3) is 3.19. The molecule has 0 radical (unpaired) electrons. The Hall–Kier alpha value is -0.910. The summed E-state index contributed by atoms with van der Waals surface area (Å²) in [6, 6.07) is 8.54. The van der Waals surface area contributed by atoms with Crippen LogP contribution in [0.4, 0.5) is 0 Å². The topological polar surface area (TPSA) is 25.8 Å². The van der Waals surface area contributed by atoms with E-state index in [2.05, 4.69) is 40.2 Å². The fourth-order valence-electron chi connectivity index (χ4n) is 3.06. The summed E-state index contributed by atoms with van der Waals surface area (Å²) in [5.74, 6) is 1.83. The van der Waals surface area contributed by atoms with Crippen molar-refractivity contribution in [3.63, 3.8) is 0 Å². The Kier molecular flexibility index (Phi) is 4.43. The Morgan fingerprint density at radius 1 is 1.13 bits per heavy atom. The van der Waals surface area contributed by atoms with Crippen LogP contribution < -0.4 is 0 Å². The van der Waals surface area contributed by atoms with Crippen molar-refractivity contribution < 1.29 is 0 Å². The predicted octanol–water partition coefficient (Wildman–Crippen LogP) is 5.93. The maximum atomic E-state index is 4.76. The van der Waals surface area contributed by atoms with Crippen molar-refractivity contribution >= 4 is 49.2 Å². The molecule has 1 aliphatic rings. The minimum absolute atomic E-state index is 0.884. The van der Waals surface area contributed by atoms with Gasteiger partial charge in [0.2, 0.25) is 0 Å². The lowest BCUT2D eigenvalue weighted by Gasteiger charge is -2.11. The maximum Gasteiger partial charge on any atom is 0.128 e. The SMILES string of the molecule is Cc1nc(SCc2ccc(Br)cc2)c2c3c(sc2n1)CCCC3. The number of fused-ring (bicyclic) bond motifs is 3. The molecule has 0 N–H and O–H groups in total. The summed E-state index contributed by atoms with van der Waals surface area (Å²) in [6.45, 7) is 2.00. The standard InChI is InChI=1S/C18H17BrN2S2/c1-11-20-17(22-10-12-6-8-13(19)9-7-12)16-14-4-2-3-5-15(14)23-18(16)21-11/h6-9H,2-5,10H2,1H3. The van der Waals surface area contributed by atoms with Crippen molar-refractivity contribution in [2.24, 2.45) is 0 Å². The van der Waals surface area contributed by atoms with Gasteiger partial charge in [0.1, 0.15) is 15.7 Å². The number of nitrogens with zero attached hydrogens (tertiary/aromatic N) is 2. The fraction of sp³-hybridized carbons (Fsp3) is 0.333. The summed E-state index contributed by atoms with van der Waals surface area (Å²) < 4.78 is 1.12. The third-order valence-electron chi connectivity index (χ3n) is 4.18. The number of hydrogen-bond donors (Lipinski definition) is 0. The highest BCUT2D eigenvalue weighted by molar-refractivity contribution is 9.10. The highest BCUT2D eigenvalue weighted by Crippen LogP contribution is 2.40. The molecule has 0 spiro atoms. The average molecular weight is 405 g/mol. The van der Waals surface area contributed by atoms with Crippen molar-refractivity contribution in [1.29, 1.82) is 0 Å². The largest absolute Gasteiger partial charge is 0.226 e. The highest BCUT2D eigenvalue weighted by atomic mass is 79.9. The molecule has 0 fully saturated rings. The second-order valence-corrected chi connectivity index (χ2v) is 8.85. The summed E-state index contributed by atoms with van der Waals surface area (Å²) >= 11 is 7.22. The lowest BCUT2D eigenvalue weighted by molar-refractivity contribution is 0.699. The van der Waals surface area contributed by atoms with Gasteiger partial charge < -0.3 is 0 Å². The summed E-state index contributed by atoms with van der Waals surface area (Å²) in [4.78, 5) is 12.2. The normalized spacial score (nSPS) is 14.2. The van der Waals surface area contributed by atoms with Gasteiger partial charge in [-0.25, -0.2) is 9.97 Å². The third-order valence-corrected chi connectivity index (χ3v) is 6.94. The van der Waals surface area contributed by atoms with E-state index in [1.165, 1.54) is 51.9 Å². The van der Waals surface area contributed by atoms with Crippen molar-refractivity contribution in [3.05, 3.63) is 50.6 Å². The lowest BCUT2D eigenvalue weighted by atomic mass is 9.97. The molecule has 23 heavy (non-hydrogen) atoms. The number of aromatic nitrogens is 2. The molecule has 4 rings (SSSR count). The number of hydrogen-bond acceptors (Lipinski definition) is 4. The van der Waals surface area contributed by atoms with E-state index in [0.717, 1.165) is 21.1 Å². The van der Waals surface area contributed by atoms with Crippen LogP contribution in [-0.4, -0.2) is 9.97 Å². The van der Waals surface area contributed by atoms with Crippen LogP contribution >= 0.6 is 39.0 Å². The number of halogens is 1. The zero-order valence-corrected chi connectivity index (χ0v) is 16.2. The molecule has 1 aliphatic carbocycles. The summed E-state index contributed by atoms with van der Waals surface area (Å²) in [7, 11) is 0. The monoisotopic (exact) mass is 404 g/mol. The lowest BCUT2D eigenvalue weighted by Crippen LogP contribution is -1.99. The molecule has 2 aromatic heterocycles. The first-order valence-corrected chi connectivity index (χ1v) is 10.5. The minimum atomic E-state index is 0.884. The van der Waals surface area contributed by atoms with Gasteiger partial charge in [-0.05, 0) is 55.9 Å². The second kappa shape index (κ2) is 6.54. The Bertz CT molecular complexity index is 856. The molecule has 5 heteroatoms. The van der Waals surface area contributed by atoms with Crippen molar-refractivity contribution in [2.75, 3.05) is 0 Å². The van der Waals surface area contributed by atoms with Crippen LogP contribution in [0.15, 0.2) is 33.8 Å². The van der Waals surface area contributed by atoms with Crippen LogP contribution in [0.25, 0.3) is 10.2 Å². The van der Waals surface area contributed by atoms with E-state index in [-0.39, 0.29) is 0 Å². The molecule has 0 atom stereocenters. The van der Waals surface area contributed by atoms with Gasteiger partial charge in [0.25, 0.3) is 0 Å². The van der Waals surface area contributed by atoms with Gasteiger partial charge in [-0.15, -0.1) is 23.1 Å². The van der Waals surface area contributed by atoms with Gasteiger partial charge in [-0.1, -0.05) is 28.1 Å².